The molecule has 0 radical (unpaired) electrons. The van der Waals surface area contributed by atoms with Crippen molar-refractivity contribution >= 4 is 29.5 Å². The molecule has 4 rings (SSSR count). The number of fused-ring (bicyclic) bond motifs is 5. The van der Waals surface area contributed by atoms with Crippen LogP contribution in [-0.2, 0) is 32.0 Å². The minimum absolute atomic E-state index is 0.00608. The quantitative estimate of drug-likeness (QED) is 0.0605. The molecule has 1 aliphatic heterocycles. The van der Waals surface area contributed by atoms with Crippen molar-refractivity contribution < 1.29 is 37.8 Å². The fourth-order valence-corrected chi connectivity index (χ4v) is 7.37. The van der Waals surface area contributed by atoms with Gasteiger partial charge in [0.25, 0.3) is 5.91 Å². The third kappa shape index (κ3) is 14.0. The van der Waals surface area contributed by atoms with Crippen molar-refractivity contribution in [2.45, 2.75) is 95.8 Å². The van der Waals surface area contributed by atoms with Crippen LogP contribution in [0.3, 0.4) is 0 Å². The molecule has 1 aliphatic rings. The van der Waals surface area contributed by atoms with Gasteiger partial charge in [0.05, 0.1) is 11.6 Å². The molecule has 16 nitrogen and oxygen atoms in total. The summed E-state index contributed by atoms with van der Waals surface area (Å²) in [5.74, 6) is -3.67. The highest BCUT2D eigenvalue weighted by molar-refractivity contribution is 5.99. The molecular weight excluding hydrogens is 810 g/mol. The number of hydrogen-bond acceptors (Lipinski definition) is 11. The molecule has 63 heavy (non-hydrogen) atoms. The molecule has 0 fully saturated rings. The van der Waals surface area contributed by atoms with Crippen LogP contribution in [0.2, 0.25) is 0 Å². The predicted molar refractivity (Wildman–Crippen MR) is 237 cm³/mol. The van der Waals surface area contributed by atoms with Crippen molar-refractivity contribution in [3.63, 3.8) is 0 Å². The number of hydrogen-bond donors (Lipinski definition) is 7. The van der Waals surface area contributed by atoms with Crippen LogP contribution in [0.5, 0.6) is 11.5 Å². The van der Waals surface area contributed by atoms with Crippen LogP contribution < -0.4 is 47.9 Å². The summed E-state index contributed by atoms with van der Waals surface area (Å²) in [6.07, 6.45) is 7.14. The molecular formula is C46H62FN9O7. The smallest absolute Gasteiger partial charge is 0.254 e. The van der Waals surface area contributed by atoms with Gasteiger partial charge >= 0.3 is 0 Å². The van der Waals surface area contributed by atoms with E-state index in [1.54, 1.807) is 42.5 Å². The Kier molecular flexibility index (Phi) is 19.8. The highest BCUT2D eigenvalue weighted by atomic mass is 19.1. The molecule has 4 atom stereocenters. The highest BCUT2D eigenvalue weighted by Crippen LogP contribution is 2.40. The molecule has 0 spiro atoms. The van der Waals surface area contributed by atoms with E-state index in [1.807, 2.05) is 6.07 Å². The zero-order valence-corrected chi connectivity index (χ0v) is 36.5. The van der Waals surface area contributed by atoms with E-state index >= 15 is 4.39 Å². The maximum Gasteiger partial charge on any atom is 0.254 e. The zero-order chi connectivity index (χ0) is 45.9. The van der Waals surface area contributed by atoms with Gasteiger partial charge in [0.15, 0.2) is 0 Å². The Morgan fingerprint density at radius 1 is 0.889 bits per heavy atom. The average Bonchev–Trinajstić information content (AvgIpc) is 3.27. The van der Waals surface area contributed by atoms with Crippen molar-refractivity contribution in [3.8, 4) is 28.7 Å². The maximum absolute atomic E-state index is 15.4. The molecule has 5 amide bonds. The van der Waals surface area contributed by atoms with Gasteiger partial charge in [-0.25, -0.2) is 4.39 Å². The summed E-state index contributed by atoms with van der Waals surface area (Å²) >= 11 is 0. The number of rotatable bonds is 21. The number of unbranched alkanes of at least 4 members (excludes halogenated alkanes) is 5. The monoisotopic (exact) mass is 871 g/mol. The number of nitrogens with two attached hydrogens (primary N) is 3. The second-order valence-electron chi connectivity index (χ2n) is 15.5. The van der Waals surface area contributed by atoms with Gasteiger partial charge in [-0.1, -0.05) is 57.2 Å². The number of halogens is 1. The van der Waals surface area contributed by atoms with Crippen molar-refractivity contribution in [2.24, 2.45) is 17.2 Å². The molecule has 1 heterocycles. The van der Waals surface area contributed by atoms with Crippen LogP contribution in [0.1, 0.15) is 91.9 Å². The summed E-state index contributed by atoms with van der Waals surface area (Å²) in [7, 11) is 1.37. The number of nitrogens with zero attached hydrogens (tertiary/aromatic N) is 2. The molecule has 0 aromatic heterocycles. The second kappa shape index (κ2) is 25.1. The van der Waals surface area contributed by atoms with Crippen LogP contribution in [0.15, 0.2) is 54.6 Å². The number of carbonyl (C=O) groups is 5. The van der Waals surface area contributed by atoms with Crippen molar-refractivity contribution in [2.75, 3.05) is 46.4 Å². The predicted octanol–water partition coefficient (Wildman–Crippen LogP) is 2.90. The Balaban J connectivity index is 1.76. The third-order valence-corrected chi connectivity index (χ3v) is 10.7. The van der Waals surface area contributed by atoms with E-state index in [4.69, 9.17) is 31.9 Å². The molecule has 0 aliphatic carbocycles. The summed E-state index contributed by atoms with van der Waals surface area (Å²) in [4.78, 5) is 70.7. The Morgan fingerprint density at radius 3 is 2.21 bits per heavy atom. The van der Waals surface area contributed by atoms with Crippen LogP contribution in [0.4, 0.5) is 4.39 Å². The first-order valence-electron chi connectivity index (χ1n) is 21.6. The van der Waals surface area contributed by atoms with Crippen molar-refractivity contribution in [1.29, 1.82) is 5.26 Å². The van der Waals surface area contributed by atoms with Gasteiger partial charge in [0.2, 0.25) is 23.6 Å². The molecule has 3 aromatic rings. The molecule has 0 saturated carbocycles. The largest absolute Gasteiger partial charge is 0.492 e. The summed E-state index contributed by atoms with van der Waals surface area (Å²) in [6.45, 7) is 3.86. The van der Waals surface area contributed by atoms with E-state index in [0.717, 1.165) is 42.6 Å². The summed E-state index contributed by atoms with van der Waals surface area (Å²) in [5, 5.41) is 19.6. The highest BCUT2D eigenvalue weighted by Gasteiger charge is 2.36. The van der Waals surface area contributed by atoms with Crippen LogP contribution in [0, 0.1) is 17.1 Å². The van der Waals surface area contributed by atoms with Gasteiger partial charge in [0.1, 0.15) is 61.2 Å². The van der Waals surface area contributed by atoms with E-state index in [2.05, 4.69) is 28.2 Å². The number of benzene rings is 3. The van der Waals surface area contributed by atoms with E-state index in [0.29, 0.717) is 34.6 Å². The molecule has 0 saturated heterocycles. The number of amides is 5. The van der Waals surface area contributed by atoms with Gasteiger partial charge in [-0.05, 0) is 85.8 Å². The SMILES string of the molecule is CCCCCCCCc1ccc(C(=O)N[C@@H](CCN)C(=O)N(C)[C@@H]2C(=O)N[C@@H](C)C(=O)N[C@H](C(=O)NCC#N)Cc3ccc(OCCN)c(c3)-c3cc2ccc3OCCN)c(F)c1. The number of nitrogens with one attached hydrogen (secondary N) is 4. The van der Waals surface area contributed by atoms with E-state index in [9.17, 15) is 24.0 Å². The Morgan fingerprint density at radius 2 is 1.56 bits per heavy atom. The fourth-order valence-electron chi connectivity index (χ4n) is 7.37. The molecule has 17 heteroatoms. The number of carbonyl (C=O) groups excluding carboxylic acids is 5. The first kappa shape index (κ1) is 49.6. The lowest BCUT2D eigenvalue weighted by molar-refractivity contribution is -0.141. The average molecular weight is 872 g/mol. The lowest BCUT2D eigenvalue weighted by Crippen LogP contribution is -2.56. The minimum atomic E-state index is -1.43. The molecule has 4 bridgehead atoms. The number of nitriles is 1. The standard InChI is InChI=1S/C46H62FN9O7/c1-4-5-6-7-8-9-10-30-11-14-33(36(47)26-30)43(58)54-37(17-18-48)46(61)56(3)41-32-13-16-40(63-24-21-51)35(28-32)34-25-31(12-15-39(34)62-23-20-50)27-38(44(59)52-22-19-49)55-42(57)29(2)53-45(41)60/h11-16,25-26,28-29,37-38,41H,4-10,17-18,20-24,27,48,50-51H2,1-3H3,(H,52,59)(H,53,60)(H,54,58)(H,55,57)/t29-,37-,38-,41-/m0/s1. The molecule has 10 N–H and O–H groups in total. The van der Waals surface area contributed by atoms with Gasteiger partial charge in [-0.3, -0.25) is 24.0 Å². The number of likely N-dealkylation sites (N-methyl/N-ethyl adjacent to an activating group) is 1. The zero-order valence-electron chi connectivity index (χ0n) is 36.5. The van der Waals surface area contributed by atoms with Crippen LogP contribution >= 0.6 is 0 Å². The van der Waals surface area contributed by atoms with E-state index < -0.39 is 59.5 Å². The number of aryl methyl sites for hydroxylation is 1. The van der Waals surface area contributed by atoms with Crippen LogP contribution in [0.25, 0.3) is 11.1 Å². The topological polar surface area (TPSA) is 257 Å². The lowest BCUT2D eigenvalue weighted by atomic mass is 9.93. The number of ether oxygens (including phenoxy) is 2. The van der Waals surface area contributed by atoms with Gasteiger partial charge in [-0.15, -0.1) is 0 Å². The van der Waals surface area contributed by atoms with Gasteiger partial charge in [0, 0.05) is 37.7 Å². The lowest BCUT2D eigenvalue weighted by Gasteiger charge is -2.32. The van der Waals surface area contributed by atoms with E-state index in [-0.39, 0.29) is 63.4 Å². The Labute approximate surface area is 368 Å². The Hall–Kier alpha value is -6.09. The minimum Gasteiger partial charge on any atom is -0.492 e. The summed E-state index contributed by atoms with van der Waals surface area (Å²) < 4.78 is 27.6. The van der Waals surface area contributed by atoms with Gasteiger partial charge in [-0.2, -0.15) is 5.26 Å². The first-order chi connectivity index (χ1) is 30.4. The van der Waals surface area contributed by atoms with Crippen molar-refractivity contribution in [3.05, 3.63) is 82.7 Å². The maximum atomic E-state index is 15.4. The van der Waals surface area contributed by atoms with E-state index in [1.165, 1.54) is 32.5 Å². The van der Waals surface area contributed by atoms with Crippen molar-refractivity contribution in [1.82, 2.24) is 26.2 Å². The summed E-state index contributed by atoms with van der Waals surface area (Å²) in [5.41, 5.74) is 19.9. The first-order valence-corrected chi connectivity index (χ1v) is 21.6. The third-order valence-electron chi connectivity index (χ3n) is 10.7. The Bertz CT molecular complexity index is 2090. The van der Waals surface area contributed by atoms with Gasteiger partial charge < -0.3 is 52.8 Å². The molecule has 340 valence electrons. The fraction of sp³-hybridized carbons (Fsp3) is 0.478. The molecule has 3 aromatic carbocycles. The molecule has 0 unspecified atom stereocenters. The van der Waals surface area contributed by atoms with Crippen LogP contribution in [-0.4, -0.2) is 99.0 Å². The normalized spacial score (nSPS) is 16.6. The second-order valence-corrected chi connectivity index (χ2v) is 15.5. The summed E-state index contributed by atoms with van der Waals surface area (Å²) in [6, 6.07) is 11.2.